The zero-order valence-corrected chi connectivity index (χ0v) is 14.2. The van der Waals surface area contributed by atoms with Crippen molar-refractivity contribution in [3.05, 3.63) is 71.3 Å². The first-order valence-corrected chi connectivity index (χ1v) is 9.00. The van der Waals surface area contributed by atoms with Gasteiger partial charge < -0.3 is 10.6 Å². The molecular formula is C21H23N3O. The molecule has 0 saturated carbocycles. The number of Topliss-reactive ketones (excluding diaryl/α,β-unsaturated/α-hetero) is 1. The maximum absolute atomic E-state index is 12.0. The van der Waals surface area contributed by atoms with Gasteiger partial charge in [-0.2, -0.15) is 0 Å². The van der Waals surface area contributed by atoms with E-state index in [0.29, 0.717) is 12.1 Å². The zero-order chi connectivity index (χ0) is 17.1. The largest absolute Gasteiger partial charge is 0.367 e. The number of nitrogens with one attached hydrogen (secondary N) is 2. The molecule has 2 aromatic rings. The Bertz CT molecular complexity index is 785. The number of carbonyl (C=O) groups is 1. The molecule has 0 unspecified atom stereocenters. The van der Waals surface area contributed by atoms with Crippen molar-refractivity contribution >= 4 is 11.6 Å². The van der Waals surface area contributed by atoms with Crippen molar-refractivity contribution in [2.75, 3.05) is 13.1 Å². The summed E-state index contributed by atoms with van der Waals surface area (Å²) in [6.45, 7) is 1.25. The molecule has 2 heterocycles. The third kappa shape index (κ3) is 3.64. The summed E-state index contributed by atoms with van der Waals surface area (Å²) < 4.78 is 0. The van der Waals surface area contributed by atoms with Crippen LogP contribution in [0.15, 0.2) is 59.6 Å². The molecule has 2 N–H and O–H groups in total. The zero-order valence-electron chi connectivity index (χ0n) is 14.2. The molecule has 0 amide bonds. The molecule has 0 bridgehead atoms. The number of carbonyl (C=O) groups excluding carboxylic acids is 1. The molecule has 4 nitrogen and oxygen atoms in total. The second-order valence-corrected chi connectivity index (χ2v) is 6.84. The average Bonchev–Trinajstić information content (AvgIpc) is 2.65. The van der Waals surface area contributed by atoms with Gasteiger partial charge in [-0.3, -0.25) is 9.79 Å². The summed E-state index contributed by atoms with van der Waals surface area (Å²) in [5, 5.41) is 7.24. The fourth-order valence-electron chi connectivity index (χ4n) is 3.76. The Morgan fingerprint density at radius 2 is 1.80 bits per heavy atom. The second-order valence-electron chi connectivity index (χ2n) is 6.84. The minimum atomic E-state index is 0.105. The van der Waals surface area contributed by atoms with Gasteiger partial charge in [0.2, 0.25) is 0 Å². The van der Waals surface area contributed by atoms with E-state index < -0.39 is 0 Å². The maximum Gasteiger partial charge on any atom is 0.185 e. The molecule has 0 spiro atoms. The molecule has 2 atom stereocenters. The summed E-state index contributed by atoms with van der Waals surface area (Å²) in [4.78, 5) is 16.5. The quantitative estimate of drug-likeness (QED) is 0.908. The number of piperidine rings is 1. The highest BCUT2D eigenvalue weighted by atomic mass is 16.1. The van der Waals surface area contributed by atoms with Crippen molar-refractivity contribution in [1.82, 2.24) is 10.6 Å². The van der Waals surface area contributed by atoms with Crippen molar-refractivity contribution in [1.29, 1.82) is 0 Å². The van der Waals surface area contributed by atoms with Crippen LogP contribution in [-0.4, -0.2) is 36.8 Å². The number of benzene rings is 2. The minimum absolute atomic E-state index is 0.105. The van der Waals surface area contributed by atoms with Crippen molar-refractivity contribution in [3.63, 3.8) is 0 Å². The van der Waals surface area contributed by atoms with E-state index in [1.807, 2.05) is 24.3 Å². The molecule has 4 rings (SSSR count). The van der Waals surface area contributed by atoms with Gasteiger partial charge in [0.25, 0.3) is 0 Å². The molecule has 2 aliphatic rings. The maximum atomic E-state index is 12.0. The van der Waals surface area contributed by atoms with Crippen molar-refractivity contribution < 1.29 is 4.79 Å². The summed E-state index contributed by atoms with van der Waals surface area (Å²) in [5.41, 5.74) is 3.10. The van der Waals surface area contributed by atoms with Gasteiger partial charge in [0.05, 0.1) is 0 Å². The number of rotatable bonds is 3. The number of fused-ring (bicyclic) bond motifs is 1. The summed E-state index contributed by atoms with van der Waals surface area (Å²) in [6.07, 6.45) is 3.17. The van der Waals surface area contributed by atoms with E-state index in [4.69, 9.17) is 0 Å². The van der Waals surface area contributed by atoms with Crippen molar-refractivity contribution in [3.8, 4) is 0 Å². The molecule has 25 heavy (non-hydrogen) atoms. The van der Waals surface area contributed by atoms with Crippen molar-refractivity contribution in [2.24, 2.45) is 4.99 Å². The Balaban J connectivity index is 1.43. The van der Waals surface area contributed by atoms with Crippen LogP contribution in [0.25, 0.3) is 0 Å². The molecule has 128 valence electrons. The van der Waals surface area contributed by atoms with Gasteiger partial charge >= 0.3 is 0 Å². The van der Waals surface area contributed by atoms with Gasteiger partial charge in [-0.1, -0.05) is 54.6 Å². The first kappa shape index (κ1) is 16.0. The van der Waals surface area contributed by atoms with Crippen LogP contribution in [0.1, 0.15) is 34.3 Å². The normalized spacial score (nSPS) is 22.9. The van der Waals surface area contributed by atoms with E-state index in [-0.39, 0.29) is 12.3 Å². The monoisotopic (exact) mass is 333 g/mol. The number of hydrogen-bond acceptors (Lipinski definition) is 4. The SMILES string of the molecule is O=C1CN=C(N[C@H]2CCN[C@H](Cc3ccccc3)C2)c2ccccc21. The van der Waals surface area contributed by atoms with Gasteiger partial charge in [0.1, 0.15) is 12.4 Å². The van der Waals surface area contributed by atoms with E-state index in [2.05, 4.69) is 46.0 Å². The van der Waals surface area contributed by atoms with E-state index in [1.54, 1.807) is 0 Å². The first-order valence-electron chi connectivity index (χ1n) is 9.00. The lowest BCUT2D eigenvalue weighted by atomic mass is 9.93. The Kier molecular flexibility index (Phi) is 4.61. The van der Waals surface area contributed by atoms with Gasteiger partial charge in [-0.25, -0.2) is 0 Å². The standard InChI is InChI=1S/C21H23N3O/c25-20-14-23-21(19-9-5-4-8-18(19)20)24-16-10-11-22-17(13-16)12-15-6-2-1-3-7-15/h1-9,16-17,22H,10-14H2,(H,23,24)/t16-,17+/m0/s1. The first-order chi connectivity index (χ1) is 12.3. The van der Waals surface area contributed by atoms with E-state index >= 15 is 0 Å². The fraction of sp³-hybridized carbons (Fsp3) is 0.333. The number of aliphatic imine (C=N–C) groups is 1. The molecule has 2 aliphatic heterocycles. The summed E-state index contributed by atoms with van der Waals surface area (Å²) in [5.74, 6) is 0.981. The predicted molar refractivity (Wildman–Crippen MR) is 100 cm³/mol. The smallest absolute Gasteiger partial charge is 0.185 e. The van der Waals surface area contributed by atoms with Crippen LogP contribution in [0, 0.1) is 0 Å². The molecule has 1 saturated heterocycles. The molecule has 2 aromatic carbocycles. The molecule has 1 fully saturated rings. The van der Waals surface area contributed by atoms with Gasteiger partial charge in [-0.15, -0.1) is 0 Å². The number of nitrogens with zero attached hydrogens (tertiary/aromatic N) is 1. The highest BCUT2D eigenvalue weighted by Gasteiger charge is 2.25. The van der Waals surface area contributed by atoms with Gasteiger partial charge in [-0.05, 0) is 31.4 Å². The third-order valence-corrected chi connectivity index (χ3v) is 5.02. The topological polar surface area (TPSA) is 53.5 Å². The summed E-state index contributed by atoms with van der Waals surface area (Å²) in [7, 11) is 0. The Morgan fingerprint density at radius 1 is 1.04 bits per heavy atom. The van der Waals surface area contributed by atoms with Crippen LogP contribution >= 0.6 is 0 Å². The number of hydrogen-bond donors (Lipinski definition) is 2. The average molecular weight is 333 g/mol. The van der Waals surface area contributed by atoms with Crippen LogP contribution in [0.5, 0.6) is 0 Å². The fourth-order valence-corrected chi connectivity index (χ4v) is 3.76. The molecule has 0 aromatic heterocycles. The van der Waals surface area contributed by atoms with Gasteiger partial charge in [0.15, 0.2) is 5.78 Å². The van der Waals surface area contributed by atoms with Crippen LogP contribution in [0.2, 0.25) is 0 Å². The molecule has 0 radical (unpaired) electrons. The summed E-state index contributed by atoms with van der Waals surface area (Å²) in [6, 6.07) is 19.2. The van der Waals surface area contributed by atoms with Crippen LogP contribution < -0.4 is 10.6 Å². The van der Waals surface area contributed by atoms with E-state index in [9.17, 15) is 4.79 Å². The lowest BCUT2D eigenvalue weighted by molar-refractivity contribution is 0.1000. The minimum Gasteiger partial charge on any atom is -0.367 e. The van der Waals surface area contributed by atoms with Crippen LogP contribution in [0.4, 0.5) is 0 Å². The number of amidine groups is 1. The Hall–Kier alpha value is -2.46. The third-order valence-electron chi connectivity index (χ3n) is 5.02. The Morgan fingerprint density at radius 3 is 2.64 bits per heavy atom. The molecule has 0 aliphatic carbocycles. The van der Waals surface area contributed by atoms with E-state index in [1.165, 1.54) is 5.56 Å². The Labute approximate surface area is 148 Å². The second kappa shape index (κ2) is 7.19. The lowest BCUT2D eigenvalue weighted by Gasteiger charge is -2.32. The lowest BCUT2D eigenvalue weighted by Crippen LogP contribution is -2.49. The van der Waals surface area contributed by atoms with Crippen LogP contribution in [0.3, 0.4) is 0 Å². The highest BCUT2D eigenvalue weighted by Crippen LogP contribution is 2.18. The molecule has 4 heteroatoms. The molecular weight excluding hydrogens is 310 g/mol. The van der Waals surface area contributed by atoms with Crippen molar-refractivity contribution in [2.45, 2.75) is 31.3 Å². The highest BCUT2D eigenvalue weighted by molar-refractivity contribution is 6.14. The van der Waals surface area contributed by atoms with Crippen LogP contribution in [-0.2, 0) is 6.42 Å². The van der Waals surface area contributed by atoms with E-state index in [0.717, 1.165) is 42.8 Å². The summed E-state index contributed by atoms with van der Waals surface area (Å²) >= 11 is 0. The van der Waals surface area contributed by atoms with Gasteiger partial charge in [0, 0.05) is 23.2 Å². The predicted octanol–water partition coefficient (Wildman–Crippen LogP) is 2.58. The number of ketones is 1.